The minimum Gasteiger partial charge on any atom is -0.490 e. The zero-order chi connectivity index (χ0) is 19.8. The molecule has 1 aromatic rings. The van der Waals surface area contributed by atoms with Gasteiger partial charge in [0.1, 0.15) is 0 Å². The van der Waals surface area contributed by atoms with Gasteiger partial charge in [-0.1, -0.05) is 25.3 Å². The number of rotatable bonds is 8. The highest BCUT2D eigenvalue weighted by Gasteiger charge is 2.30. The number of ether oxygens (including phenoxy) is 1. The first-order chi connectivity index (χ1) is 12.9. The second-order valence-electron chi connectivity index (χ2n) is 6.51. The fourth-order valence-corrected chi connectivity index (χ4v) is 4.04. The predicted molar refractivity (Wildman–Crippen MR) is 102 cm³/mol. The lowest BCUT2D eigenvalue weighted by Gasteiger charge is -2.22. The fourth-order valence-electron chi connectivity index (χ4n) is 3.25. The number of carboxylic acid groups (broad SMARTS) is 1. The molecule has 2 rings (SSSR count). The van der Waals surface area contributed by atoms with E-state index in [9.17, 15) is 24.8 Å². The number of methoxy groups -OCH3 is 1. The van der Waals surface area contributed by atoms with Gasteiger partial charge in [0.25, 0.3) is 0 Å². The smallest absolute Gasteiger partial charge is 0.311 e. The molecule has 0 bridgehead atoms. The van der Waals surface area contributed by atoms with Gasteiger partial charge in [-0.05, 0) is 24.5 Å². The Balaban J connectivity index is 1.87. The van der Waals surface area contributed by atoms with E-state index >= 15 is 0 Å². The average molecular weight is 396 g/mol. The van der Waals surface area contributed by atoms with Gasteiger partial charge in [-0.2, -0.15) is 0 Å². The van der Waals surface area contributed by atoms with Gasteiger partial charge >= 0.3 is 11.7 Å². The molecule has 0 saturated heterocycles. The van der Waals surface area contributed by atoms with Crippen LogP contribution >= 0.6 is 11.8 Å². The number of nitro benzene ring substituents is 1. The zero-order valence-electron chi connectivity index (χ0n) is 15.2. The monoisotopic (exact) mass is 396 g/mol. The Hall–Kier alpha value is -2.29. The minimum atomic E-state index is -0.861. The topological polar surface area (TPSA) is 119 Å². The average Bonchev–Trinajstić information content (AvgIpc) is 2.87. The molecule has 8 nitrogen and oxygen atoms in total. The molecule has 1 amide bonds. The largest absolute Gasteiger partial charge is 0.490 e. The lowest BCUT2D eigenvalue weighted by molar-refractivity contribution is -0.385. The SMILES string of the molecule is COc1ccc(CSCC(=O)N[C@H]2CCCCC[C@H]2C(=O)O)cc1[N+](=O)[O-]. The standard InChI is InChI=1S/C18H24N2O6S/c1-26-16-8-7-12(9-15(16)20(24)25)10-27-11-17(21)19-14-6-4-2-3-5-13(14)18(22)23/h7-9,13-14H,2-6,10-11H2,1H3,(H,19,21)(H,22,23)/t13-,14+/m1/s1. The molecule has 148 valence electrons. The summed E-state index contributed by atoms with van der Waals surface area (Å²) in [5.74, 6) is -0.805. The highest BCUT2D eigenvalue weighted by molar-refractivity contribution is 7.99. The number of nitro groups is 1. The van der Waals surface area contributed by atoms with Crippen LogP contribution in [0.15, 0.2) is 18.2 Å². The molecular formula is C18H24N2O6S. The van der Waals surface area contributed by atoms with E-state index in [1.165, 1.54) is 31.0 Å². The molecule has 2 atom stereocenters. The highest BCUT2D eigenvalue weighted by atomic mass is 32.2. The summed E-state index contributed by atoms with van der Waals surface area (Å²) in [4.78, 5) is 34.2. The van der Waals surface area contributed by atoms with Crippen molar-refractivity contribution in [3.05, 3.63) is 33.9 Å². The van der Waals surface area contributed by atoms with Crippen molar-refractivity contribution in [2.24, 2.45) is 5.92 Å². The number of hydrogen-bond acceptors (Lipinski definition) is 6. The molecule has 1 aliphatic carbocycles. The quantitative estimate of drug-likeness (QED) is 0.394. The molecule has 0 unspecified atom stereocenters. The lowest BCUT2D eigenvalue weighted by atomic mass is 9.95. The molecule has 0 aromatic heterocycles. The fraction of sp³-hybridized carbons (Fsp3) is 0.556. The molecule has 1 aromatic carbocycles. The summed E-state index contributed by atoms with van der Waals surface area (Å²) in [6, 6.07) is 4.37. The molecular weight excluding hydrogens is 372 g/mol. The third-order valence-corrected chi connectivity index (χ3v) is 5.63. The molecule has 0 radical (unpaired) electrons. The first-order valence-electron chi connectivity index (χ1n) is 8.83. The minimum absolute atomic E-state index is 0.109. The second-order valence-corrected chi connectivity index (χ2v) is 7.50. The van der Waals surface area contributed by atoms with Crippen LogP contribution in [0.4, 0.5) is 5.69 Å². The van der Waals surface area contributed by atoms with Crippen LogP contribution in [0, 0.1) is 16.0 Å². The maximum atomic E-state index is 12.2. The van der Waals surface area contributed by atoms with Crippen molar-refractivity contribution in [3.8, 4) is 5.75 Å². The van der Waals surface area contributed by atoms with Crippen LogP contribution in [0.5, 0.6) is 5.75 Å². The van der Waals surface area contributed by atoms with Gasteiger partial charge in [0.05, 0.1) is 23.7 Å². The van der Waals surface area contributed by atoms with Crippen LogP contribution in [-0.4, -0.2) is 40.8 Å². The summed E-state index contributed by atoms with van der Waals surface area (Å²) in [5, 5.41) is 23.3. The van der Waals surface area contributed by atoms with E-state index in [1.807, 2.05) is 0 Å². The molecule has 9 heteroatoms. The summed E-state index contributed by atoms with van der Waals surface area (Å²) >= 11 is 1.33. The van der Waals surface area contributed by atoms with Crippen molar-refractivity contribution in [2.75, 3.05) is 12.9 Å². The van der Waals surface area contributed by atoms with Gasteiger partial charge < -0.3 is 15.2 Å². The summed E-state index contributed by atoms with van der Waals surface area (Å²) in [6.45, 7) is 0. The van der Waals surface area contributed by atoms with Crippen LogP contribution in [0.25, 0.3) is 0 Å². The maximum absolute atomic E-state index is 12.2. The number of carbonyl (C=O) groups is 2. The van der Waals surface area contributed by atoms with E-state index in [1.54, 1.807) is 6.07 Å². The van der Waals surface area contributed by atoms with Crippen molar-refractivity contribution in [1.82, 2.24) is 5.32 Å². The van der Waals surface area contributed by atoms with Crippen LogP contribution in [0.1, 0.15) is 37.7 Å². The number of benzene rings is 1. The summed E-state index contributed by atoms with van der Waals surface area (Å²) in [6.07, 6.45) is 4.04. The van der Waals surface area contributed by atoms with Crippen molar-refractivity contribution in [2.45, 2.75) is 43.9 Å². The van der Waals surface area contributed by atoms with Crippen molar-refractivity contribution in [1.29, 1.82) is 0 Å². The van der Waals surface area contributed by atoms with E-state index < -0.39 is 16.8 Å². The number of thioether (sulfide) groups is 1. The molecule has 0 spiro atoms. The number of aliphatic carboxylic acids is 1. The third-order valence-electron chi connectivity index (χ3n) is 4.62. The van der Waals surface area contributed by atoms with Gasteiger partial charge in [-0.25, -0.2) is 0 Å². The Morgan fingerprint density at radius 1 is 1.33 bits per heavy atom. The summed E-state index contributed by atoms with van der Waals surface area (Å²) in [7, 11) is 1.37. The van der Waals surface area contributed by atoms with E-state index in [2.05, 4.69) is 5.32 Å². The third kappa shape index (κ3) is 6.13. The predicted octanol–water partition coefficient (Wildman–Crippen LogP) is 2.99. The van der Waals surface area contributed by atoms with Crippen molar-refractivity contribution < 1.29 is 24.4 Å². The van der Waals surface area contributed by atoms with Crippen LogP contribution in [0.2, 0.25) is 0 Å². The molecule has 1 saturated carbocycles. The zero-order valence-corrected chi connectivity index (χ0v) is 16.0. The molecule has 0 aliphatic heterocycles. The van der Waals surface area contributed by atoms with Crippen LogP contribution < -0.4 is 10.1 Å². The number of amides is 1. The van der Waals surface area contributed by atoms with Gasteiger partial charge in [-0.3, -0.25) is 19.7 Å². The Kier molecular flexibility index (Phi) is 7.90. The van der Waals surface area contributed by atoms with E-state index in [4.69, 9.17) is 4.74 Å². The lowest BCUT2D eigenvalue weighted by Crippen LogP contribution is -2.43. The second kappa shape index (κ2) is 10.1. The first kappa shape index (κ1) is 21.0. The molecule has 2 N–H and O–H groups in total. The Morgan fingerprint density at radius 2 is 2.07 bits per heavy atom. The van der Waals surface area contributed by atoms with Crippen molar-refractivity contribution in [3.63, 3.8) is 0 Å². The van der Waals surface area contributed by atoms with Crippen LogP contribution in [0.3, 0.4) is 0 Å². The number of hydrogen-bond donors (Lipinski definition) is 2. The molecule has 1 fully saturated rings. The number of carboxylic acids is 1. The number of carbonyl (C=O) groups excluding carboxylic acids is 1. The Morgan fingerprint density at radius 3 is 2.74 bits per heavy atom. The maximum Gasteiger partial charge on any atom is 0.311 e. The summed E-state index contributed by atoms with van der Waals surface area (Å²) in [5.41, 5.74) is 0.612. The Bertz CT molecular complexity index is 696. The van der Waals surface area contributed by atoms with E-state index in [-0.39, 0.29) is 29.1 Å². The van der Waals surface area contributed by atoms with E-state index in [0.29, 0.717) is 18.6 Å². The van der Waals surface area contributed by atoms with Gasteiger partial charge in [0, 0.05) is 17.9 Å². The van der Waals surface area contributed by atoms with E-state index in [0.717, 1.165) is 24.8 Å². The van der Waals surface area contributed by atoms with Crippen molar-refractivity contribution >= 4 is 29.3 Å². The number of nitrogens with zero attached hydrogens (tertiary/aromatic N) is 1. The normalized spacial score (nSPS) is 19.7. The van der Waals surface area contributed by atoms with Gasteiger partial charge in [-0.15, -0.1) is 11.8 Å². The van der Waals surface area contributed by atoms with Gasteiger partial charge in [0.2, 0.25) is 5.91 Å². The molecule has 0 heterocycles. The van der Waals surface area contributed by atoms with Gasteiger partial charge in [0.15, 0.2) is 5.75 Å². The highest BCUT2D eigenvalue weighted by Crippen LogP contribution is 2.29. The van der Waals surface area contributed by atoms with Crippen LogP contribution in [-0.2, 0) is 15.3 Å². The Labute approximate surface area is 161 Å². The molecule has 1 aliphatic rings. The summed E-state index contributed by atoms with van der Waals surface area (Å²) < 4.78 is 4.97. The molecule has 27 heavy (non-hydrogen) atoms. The first-order valence-corrected chi connectivity index (χ1v) is 9.99. The number of nitrogens with one attached hydrogen (secondary N) is 1.